The second-order valence-corrected chi connectivity index (χ2v) is 8.72. The van der Waals surface area contributed by atoms with E-state index in [1.165, 1.54) is 18.2 Å². The molecule has 0 atom stereocenters. The largest absolute Gasteiger partial charge is 0.490 e. The standard InChI is InChI=1S/C18H24N2O6S2/c1-5-24-14-10-13(11-15(25-6-2)17(14)26-7-3)18(21)19-20-28(22,23)16-9-8-12(4)27-16/h8-11,20H,5-7H2,1-4H3,(H,19,21). The molecule has 0 aliphatic carbocycles. The van der Waals surface area contributed by atoms with Crippen molar-refractivity contribution in [3.8, 4) is 17.2 Å². The topological polar surface area (TPSA) is 103 Å². The molecule has 154 valence electrons. The number of nitrogens with one attached hydrogen (secondary N) is 2. The Hall–Kier alpha value is -2.30. The van der Waals surface area contributed by atoms with Crippen molar-refractivity contribution in [3.05, 3.63) is 34.7 Å². The molecule has 1 aromatic carbocycles. The highest BCUT2D eigenvalue weighted by molar-refractivity contribution is 7.91. The second kappa shape index (κ2) is 9.76. The van der Waals surface area contributed by atoms with E-state index in [1.54, 1.807) is 26.8 Å². The van der Waals surface area contributed by atoms with E-state index >= 15 is 0 Å². The zero-order valence-corrected chi connectivity index (χ0v) is 17.8. The zero-order valence-electron chi connectivity index (χ0n) is 16.2. The van der Waals surface area contributed by atoms with Gasteiger partial charge in [-0.3, -0.25) is 10.2 Å². The summed E-state index contributed by atoms with van der Waals surface area (Å²) in [6.45, 7) is 8.35. The third kappa shape index (κ3) is 5.37. The first kappa shape index (κ1) is 22.0. The SMILES string of the molecule is CCOc1cc(C(=O)NNS(=O)(=O)c2ccc(C)s2)cc(OCC)c1OCC. The van der Waals surface area contributed by atoms with Crippen molar-refractivity contribution in [1.29, 1.82) is 0 Å². The summed E-state index contributed by atoms with van der Waals surface area (Å²) in [6, 6.07) is 6.13. The lowest BCUT2D eigenvalue weighted by Crippen LogP contribution is -2.41. The molecule has 2 rings (SSSR count). The van der Waals surface area contributed by atoms with E-state index in [0.717, 1.165) is 16.2 Å². The molecule has 0 bridgehead atoms. The Morgan fingerprint density at radius 3 is 2.04 bits per heavy atom. The minimum atomic E-state index is -3.85. The van der Waals surface area contributed by atoms with Crippen LogP contribution in [0.5, 0.6) is 17.2 Å². The number of hydrogen-bond donors (Lipinski definition) is 2. The maximum absolute atomic E-state index is 12.5. The zero-order chi connectivity index (χ0) is 20.7. The summed E-state index contributed by atoms with van der Waals surface area (Å²) in [5, 5.41) is 0. The molecule has 28 heavy (non-hydrogen) atoms. The molecular weight excluding hydrogens is 404 g/mol. The van der Waals surface area contributed by atoms with Crippen molar-refractivity contribution in [2.75, 3.05) is 19.8 Å². The summed E-state index contributed by atoms with van der Waals surface area (Å²) in [7, 11) is -3.85. The first-order chi connectivity index (χ1) is 13.3. The fraction of sp³-hybridized carbons (Fsp3) is 0.389. The van der Waals surface area contributed by atoms with Crippen LogP contribution in [-0.4, -0.2) is 34.1 Å². The average molecular weight is 429 g/mol. The lowest BCUT2D eigenvalue weighted by molar-refractivity contribution is 0.0944. The number of carbonyl (C=O) groups is 1. The third-order valence-corrected chi connectivity index (χ3v) is 6.19. The van der Waals surface area contributed by atoms with Crippen LogP contribution in [0, 0.1) is 6.92 Å². The van der Waals surface area contributed by atoms with Crippen LogP contribution in [0.2, 0.25) is 0 Å². The highest BCUT2D eigenvalue weighted by atomic mass is 32.2. The predicted molar refractivity (Wildman–Crippen MR) is 107 cm³/mol. The van der Waals surface area contributed by atoms with Crippen LogP contribution < -0.4 is 24.5 Å². The minimum Gasteiger partial charge on any atom is -0.490 e. The Morgan fingerprint density at radius 2 is 1.57 bits per heavy atom. The number of aryl methyl sites for hydroxylation is 1. The van der Waals surface area contributed by atoms with Crippen LogP contribution in [0.15, 0.2) is 28.5 Å². The predicted octanol–water partition coefficient (Wildman–Crippen LogP) is 2.88. The maximum Gasteiger partial charge on any atom is 0.266 e. The fourth-order valence-electron chi connectivity index (χ4n) is 2.31. The minimum absolute atomic E-state index is 0.113. The highest BCUT2D eigenvalue weighted by Gasteiger charge is 2.21. The van der Waals surface area contributed by atoms with E-state index in [2.05, 4.69) is 10.3 Å². The van der Waals surface area contributed by atoms with E-state index in [1.807, 2.05) is 6.92 Å². The molecule has 0 spiro atoms. The molecule has 1 heterocycles. The van der Waals surface area contributed by atoms with Gasteiger partial charge >= 0.3 is 0 Å². The molecule has 1 aromatic heterocycles. The number of sulfonamides is 1. The van der Waals surface area contributed by atoms with Crippen LogP contribution in [0.3, 0.4) is 0 Å². The van der Waals surface area contributed by atoms with Gasteiger partial charge in [-0.2, -0.15) is 0 Å². The summed E-state index contributed by atoms with van der Waals surface area (Å²) in [4.78, 5) is 15.5. The number of thiophene rings is 1. The first-order valence-electron chi connectivity index (χ1n) is 8.77. The lowest BCUT2D eigenvalue weighted by atomic mass is 10.1. The highest BCUT2D eigenvalue weighted by Crippen LogP contribution is 2.39. The van der Waals surface area contributed by atoms with Gasteiger partial charge in [0.2, 0.25) is 5.75 Å². The molecule has 0 radical (unpaired) electrons. The van der Waals surface area contributed by atoms with Gasteiger partial charge in [0.25, 0.3) is 15.9 Å². The van der Waals surface area contributed by atoms with Crippen molar-refractivity contribution in [2.24, 2.45) is 0 Å². The van der Waals surface area contributed by atoms with Gasteiger partial charge in [-0.15, -0.1) is 16.2 Å². The lowest BCUT2D eigenvalue weighted by Gasteiger charge is -2.17. The smallest absolute Gasteiger partial charge is 0.266 e. The van der Waals surface area contributed by atoms with E-state index in [9.17, 15) is 13.2 Å². The Kier molecular flexibility index (Phi) is 7.67. The number of hydrogen-bond acceptors (Lipinski definition) is 7. The average Bonchev–Trinajstić information content (AvgIpc) is 3.10. The molecule has 2 aromatic rings. The first-order valence-corrected chi connectivity index (χ1v) is 11.1. The van der Waals surface area contributed by atoms with Gasteiger partial charge in [0.1, 0.15) is 4.21 Å². The summed E-state index contributed by atoms with van der Waals surface area (Å²) >= 11 is 1.11. The fourth-order valence-corrected chi connectivity index (χ4v) is 4.43. The van der Waals surface area contributed by atoms with Gasteiger partial charge < -0.3 is 14.2 Å². The monoisotopic (exact) mass is 428 g/mol. The molecule has 0 aliphatic rings. The Balaban J connectivity index is 2.26. The van der Waals surface area contributed by atoms with E-state index < -0.39 is 15.9 Å². The number of amides is 1. The van der Waals surface area contributed by atoms with Crippen LogP contribution in [-0.2, 0) is 10.0 Å². The Morgan fingerprint density at radius 1 is 1.00 bits per heavy atom. The van der Waals surface area contributed by atoms with E-state index in [0.29, 0.717) is 37.1 Å². The molecule has 10 heteroatoms. The van der Waals surface area contributed by atoms with Crippen molar-refractivity contribution in [1.82, 2.24) is 10.3 Å². The van der Waals surface area contributed by atoms with Crippen LogP contribution >= 0.6 is 11.3 Å². The van der Waals surface area contributed by atoms with Gasteiger partial charge in [-0.1, -0.05) is 0 Å². The number of hydrazine groups is 1. The number of ether oxygens (including phenoxy) is 3. The quantitative estimate of drug-likeness (QED) is 0.564. The van der Waals surface area contributed by atoms with Gasteiger partial charge in [0.05, 0.1) is 19.8 Å². The molecule has 2 N–H and O–H groups in total. The molecule has 8 nitrogen and oxygen atoms in total. The van der Waals surface area contributed by atoms with Crippen LogP contribution in [0.4, 0.5) is 0 Å². The van der Waals surface area contributed by atoms with Crippen molar-refractivity contribution in [2.45, 2.75) is 31.9 Å². The van der Waals surface area contributed by atoms with E-state index in [-0.39, 0.29) is 9.77 Å². The van der Waals surface area contributed by atoms with Gasteiger partial charge in [-0.05, 0) is 52.0 Å². The molecule has 0 saturated carbocycles. The number of benzene rings is 1. The summed E-state index contributed by atoms with van der Waals surface area (Å²) in [6.07, 6.45) is 0. The molecule has 1 amide bonds. The Bertz CT molecular complexity index is 897. The van der Waals surface area contributed by atoms with Crippen molar-refractivity contribution < 1.29 is 27.4 Å². The normalized spacial score (nSPS) is 11.1. The number of rotatable bonds is 10. The van der Waals surface area contributed by atoms with Crippen LogP contribution in [0.1, 0.15) is 36.0 Å². The van der Waals surface area contributed by atoms with Gasteiger partial charge in [-0.25, -0.2) is 8.42 Å². The summed E-state index contributed by atoms with van der Waals surface area (Å²) < 4.78 is 41.4. The van der Waals surface area contributed by atoms with Crippen LogP contribution in [0.25, 0.3) is 0 Å². The van der Waals surface area contributed by atoms with E-state index in [4.69, 9.17) is 14.2 Å². The maximum atomic E-state index is 12.5. The molecule has 0 aliphatic heterocycles. The third-order valence-electron chi connectivity index (χ3n) is 3.45. The molecule has 0 saturated heterocycles. The second-order valence-electron chi connectivity index (χ2n) is 5.53. The molecule has 0 fully saturated rings. The summed E-state index contributed by atoms with van der Waals surface area (Å²) in [5.41, 5.74) is 2.38. The van der Waals surface area contributed by atoms with Crippen molar-refractivity contribution in [3.63, 3.8) is 0 Å². The number of carbonyl (C=O) groups excluding carboxylic acids is 1. The van der Waals surface area contributed by atoms with Gasteiger partial charge in [0.15, 0.2) is 11.5 Å². The van der Waals surface area contributed by atoms with Gasteiger partial charge in [0, 0.05) is 10.4 Å². The van der Waals surface area contributed by atoms with Crippen molar-refractivity contribution >= 4 is 27.3 Å². The molecular formula is C18H24N2O6S2. The Labute approximate surface area is 168 Å². The molecule has 0 unspecified atom stereocenters. The summed E-state index contributed by atoms with van der Waals surface area (Å²) in [5.74, 6) is 0.438.